The third-order valence-corrected chi connectivity index (χ3v) is 3.69. The normalized spacial score (nSPS) is 12.9. The van der Waals surface area contributed by atoms with Gasteiger partial charge in [0.25, 0.3) is 11.8 Å². The zero-order valence-electron chi connectivity index (χ0n) is 10.9. The molecule has 1 heterocycles. The number of carbonyl (C=O) groups is 2. The average molecular weight is 347 g/mol. The molecule has 0 bridgehead atoms. The molecule has 3 rings (SSSR count). The van der Waals surface area contributed by atoms with Crippen LogP contribution in [0.5, 0.6) is 5.75 Å². The lowest BCUT2D eigenvalue weighted by molar-refractivity contribution is -0.118. The summed E-state index contributed by atoms with van der Waals surface area (Å²) in [5.41, 5.74) is 1.63. The summed E-state index contributed by atoms with van der Waals surface area (Å²) in [6, 6.07) is 12.3. The standard InChI is InChI=1S/C15H11BrN2O3/c16-10-3-1-2-4-11(10)18-15(20)9-5-6-13-12(7-9)17-14(19)8-21-13/h1-7H,8H2,(H,17,19)(H,18,20). The number of anilines is 2. The molecule has 1 aliphatic rings. The van der Waals surface area contributed by atoms with Crippen LogP contribution in [0.4, 0.5) is 11.4 Å². The first kappa shape index (κ1) is 13.6. The van der Waals surface area contributed by atoms with Gasteiger partial charge in [0.2, 0.25) is 0 Å². The molecule has 0 spiro atoms. The van der Waals surface area contributed by atoms with Crippen LogP contribution in [-0.2, 0) is 4.79 Å². The fraction of sp³-hybridized carbons (Fsp3) is 0.0667. The molecule has 0 aliphatic carbocycles. The van der Waals surface area contributed by atoms with Gasteiger partial charge in [-0.3, -0.25) is 9.59 Å². The largest absolute Gasteiger partial charge is 0.482 e. The number of ether oxygens (including phenoxy) is 1. The smallest absolute Gasteiger partial charge is 0.262 e. The number of fused-ring (bicyclic) bond motifs is 1. The Balaban J connectivity index is 1.84. The zero-order valence-corrected chi connectivity index (χ0v) is 12.4. The molecule has 0 radical (unpaired) electrons. The number of halogens is 1. The summed E-state index contributed by atoms with van der Waals surface area (Å²) in [6.07, 6.45) is 0. The van der Waals surface area contributed by atoms with Crippen molar-refractivity contribution in [2.45, 2.75) is 0 Å². The van der Waals surface area contributed by atoms with Crippen LogP contribution in [0.2, 0.25) is 0 Å². The van der Waals surface area contributed by atoms with E-state index >= 15 is 0 Å². The number of nitrogens with one attached hydrogen (secondary N) is 2. The Morgan fingerprint density at radius 2 is 2.05 bits per heavy atom. The molecule has 2 amide bonds. The summed E-state index contributed by atoms with van der Waals surface area (Å²) in [4.78, 5) is 23.5. The summed E-state index contributed by atoms with van der Waals surface area (Å²) in [5.74, 6) is 0.0717. The Kier molecular flexibility index (Phi) is 3.62. The summed E-state index contributed by atoms with van der Waals surface area (Å²) >= 11 is 3.37. The maximum atomic E-state index is 12.2. The van der Waals surface area contributed by atoms with E-state index in [9.17, 15) is 9.59 Å². The van der Waals surface area contributed by atoms with Crippen LogP contribution >= 0.6 is 15.9 Å². The topological polar surface area (TPSA) is 67.4 Å². The van der Waals surface area contributed by atoms with Gasteiger partial charge in [-0.1, -0.05) is 12.1 Å². The fourth-order valence-electron chi connectivity index (χ4n) is 1.98. The Bertz CT molecular complexity index is 731. The van der Waals surface area contributed by atoms with E-state index < -0.39 is 0 Å². The lowest BCUT2D eigenvalue weighted by atomic mass is 10.1. The molecule has 2 aromatic rings. The summed E-state index contributed by atoms with van der Waals surface area (Å²) < 4.78 is 6.06. The third kappa shape index (κ3) is 2.90. The van der Waals surface area contributed by atoms with Gasteiger partial charge >= 0.3 is 0 Å². The minimum atomic E-state index is -0.260. The second-order valence-electron chi connectivity index (χ2n) is 4.48. The van der Waals surface area contributed by atoms with Gasteiger partial charge < -0.3 is 15.4 Å². The van der Waals surface area contributed by atoms with Crippen LogP contribution < -0.4 is 15.4 Å². The van der Waals surface area contributed by atoms with E-state index in [1.807, 2.05) is 18.2 Å². The van der Waals surface area contributed by atoms with Gasteiger partial charge in [0.1, 0.15) is 5.75 Å². The summed E-state index contributed by atoms with van der Waals surface area (Å²) in [5, 5.41) is 5.48. The van der Waals surface area contributed by atoms with Crippen molar-refractivity contribution >= 4 is 39.1 Å². The van der Waals surface area contributed by atoms with Crippen LogP contribution in [0.15, 0.2) is 46.9 Å². The molecule has 5 nitrogen and oxygen atoms in total. The van der Waals surface area contributed by atoms with Crippen molar-refractivity contribution in [3.05, 3.63) is 52.5 Å². The van der Waals surface area contributed by atoms with Crippen LogP contribution in [0.3, 0.4) is 0 Å². The molecular weight excluding hydrogens is 336 g/mol. The minimum absolute atomic E-state index is 0.00446. The molecule has 0 unspecified atom stereocenters. The summed E-state index contributed by atoms with van der Waals surface area (Å²) in [7, 11) is 0. The predicted octanol–water partition coefficient (Wildman–Crippen LogP) is 3.03. The van der Waals surface area contributed by atoms with Crippen LogP contribution in [0.25, 0.3) is 0 Å². The molecule has 1 aliphatic heterocycles. The van der Waals surface area contributed by atoms with Gasteiger partial charge in [-0.05, 0) is 46.3 Å². The van der Waals surface area contributed by atoms with Crippen molar-refractivity contribution in [1.82, 2.24) is 0 Å². The molecule has 0 fully saturated rings. The van der Waals surface area contributed by atoms with Gasteiger partial charge in [-0.2, -0.15) is 0 Å². The molecule has 0 atom stereocenters. The van der Waals surface area contributed by atoms with Crippen LogP contribution in [-0.4, -0.2) is 18.4 Å². The molecule has 0 aromatic heterocycles. The summed E-state index contributed by atoms with van der Waals surface area (Å²) in [6.45, 7) is -0.00446. The lowest BCUT2D eigenvalue weighted by Crippen LogP contribution is -2.25. The number of hydrogen-bond acceptors (Lipinski definition) is 3. The number of carbonyl (C=O) groups excluding carboxylic acids is 2. The van der Waals surface area contributed by atoms with E-state index in [2.05, 4.69) is 26.6 Å². The number of para-hydroxylation sites is 1. The molecule has 6 heteroatoms. The van der Waals surface area contributed by atoms with E-state index in [0.717, 1.165) is 4.47 Å². The monoisotopic (exact) mass is 346 g/mol. The molecular formula is C15H11BrN2O3. The van der Waals surface area contributed by atoms with E-state index in [4.69, 9.17) is 4.74 Å². The zero-order chi connectivity index (χ0) is 14.8. The van der Waals surface area contributed by atoms with Gasteiger partial charge in [0.05, 0.1) is 11.4 Å². The first-order valence-corrected chi connectivity index (χ1v) is 7.05. The van der Waals surface area contributed by atoms with Crippen LogP contribution in [0.1, 0.15) is 10.4 Å². The molecule has 21 heavy (non-hydrogen) atoms. The third-order valence-electron chi connectivity index (χ3n) is 3.00. The highest BCUT2D eigenvalue weighted by Crippen LogP contribution is 2.29. The van der Waals surface area contributed by atoms with E-state index in [0.29, 0.717) is 22.7 Å². The number of rotatable bonds is 2. The maximum absolute atomic E-state index is 12.2. The van der Waals surface area contributed by atoms with Crippen molar-refractivity contribution in [3.63, 3.8) is 0 Å². The molecule has 2 aromatic carbocycles. The number of hydrogen-bond donors (Lipinski definition) is 2. The highest BCUT2D eigenvalue weighted by Gasteiger charge is 2.18. The Labute approximate surface area is 129 Å². The SMILES string of the molecule is O=C1COc2ccc(C(=O)Nc3ccccc3Br)cc2N1. The first-order chi connectivity index (χ1) is 10.1. The quantitative estimate of drug-likeness (QED) is 0.878. The number of amides is 2. The Hall–Kier alpha value is -2.34. The van der Waals surface area contributed by atoms with Crippen molar-refractivity contribution in [1.29, 1.82) is 0 Å². The molecule has 0 saturated heterocycles. The van der Waals surface area contributed by atoms with Crippen LogP contribution in [0, 0.1) is 0 Å². The van der Waals surface area contributed by atoms with Gasteiger partial charge in [-0.15, -0.1) is 0 Å². The second kappa shape index (κ2) is 5.57. The number of benzene rings is 2. The van der Waals surface area contributed by atoms with Gasteiger partial charge in [0.15, 0.2) is 6.61 Å². The van der Waals surface area contributed by atoms with Gasteiger partial charge in [-0.25, -0.2) is 0 Å². The van der Waals surface area contributed by atoms with E-state index in [1.165, 1.54) is 0 Å². The predicted molar refractivity (Wildman–Crippen MR) is 82.7 cm³/mol. The Morgan fingerprint density at radius 1 is 1.24 bits per heavy atom. The Morgan fingerprint density at radius 3 is 2.86 bits per heavy atom. The molecule has 2 N–H and O–H groups in total. The van der Waals surface area contributed by atoms with Crippen molar-refractivity contribution < 1.29 is 14.3 Å². The highest BCUT2D eigenvalue weighted by atomic mass is 79.9. The van der Waals surface area contributed by atoms with Crippen molar-refractivity contribution in [2.75, 3.05) is 17.2 Å². The van der Waals surface area contributed by atoms with E-state index in [-0.39, 0.29) is 18.4 Å². The van der Waals surface area contributed by atoms with Crippen molar-refractivity contribution in [2.24, 2.45) is 0 Å². The fourth-order valence-corrected chi connectivity index (χ4v) is 2.37. The highest BCUT2D eigenvalue weighted by molar-refractivity contribution is 9.10. The second-order valence-corrected chi connectivity index (χ2v) is 5.34. The molecule has 0 saturated carbocycles. The maximum Gasteiger partial charge on any atom is 0.262 e. The molecule has 106 valence electrons. The van der Waals surface area contributed by atoms with Gasteiger partial charge in [0, 0.05) is 10.0 Å². The van der Waals surface area contributed by atoms with Crippen molar-refractivity contribution in [3.8, 4) is 5.75 Å². The van der Waals surface area contributed by atoms with E-state index in [1.54, 1.807) is 24.3 Å². The average Bonchev–Trinajstić information content (AvgIpc) is 2.48. The first-order valence-electron chi connectivity index (χ1n) is 6.26. The minimum Gasteiger partial charge on any atom is -0.482 e. The lowest BCUT2D eigenvalue weighted by Gasteiger charge is -2.18.